The monoisotopic (exact) mass is 220 g/mol. The van der Waals surface area contributed by atoms with E-state index in [1.807, 2.05) is 0 Å². The molecule has 1 amide bonds. The minimum absolute atomic E-state index is 0.106. The summed E-state index contributed by atoms with van der Waals surface area (Å²) in [5.41, 5.74) is 0. The third-order valence-electron chi connectivity index (χ3n) is 2.42. The Bertz CT molecular complexity index is 300. The zero-order valence-corrected chi connectivity index (χ0v) is 9.06. The van der Waals surface area contributed by atoms with Gasteiger partial charge in [-0.2, -0.15) is 0 Å². The first-order valence-electron chi connectivity index (χ1n) is 4.69. The molecule has 0 aromatic rings. The molecule has 82 valence electrons. The molecule has 2 N–H and O–H groups in total. The quantitative estimate of drug-likeness (QED) is 0.633. The smallest absolute Gasteiger partial charge is 0.219 e. The summed E-state index contributed by atoms with van der Waals surface area (Å²) in [6, 6.07) is 0. The Morgan fingerprint density at radius 2 is 2.29 bits per heavy atom. The predicted octanol–water partition coefficient (Wildman–Crippen LogP) is -1.10. The van der Waals surface area contributed by atoms with Crippen molar-refractivity contribution in [1.29, 1.82) is 0 Å². The summed E-state index contributed by atoms with van der Waals surface area (Å²) >= 11 is 0. The van der Waals surface area contributed by atoms with Crippen molar-refractivity contribution in [2.45, 2.75) is 18.1 Å². The Hall–Kier alpha value is -0.620. The molecule has 0 bridgehead atoms. The van der Waals surface area contributed by atoms with Gasteiger partial charge in [-0.05, 0) is 6.42 Å². The average Bonchev–Trinajstić information content (AvgIpc) is 2.15. The summed E-state index contributed by atoms with van der Waals surface area (Å²) in [6.07, 6.45) is 0.692. The second kappa shape index (κ2) is 4.75. The normalized spacial score (nSPS) is 25.6. The van der Waals surface area contributed by atoms with E-state index in [1.165, 1.54) is 0 Å². The highest BCUT2D eigenvalue weighted by Crippen LogP contribution is 2.11. The molecule has 1 fully saturated rings. The largest absolute Gasteiger partial charge is 0.359 e. The van der Waals surface area contributed by atoms with Crippen molar-refractivity contribution >= 4 is 15.7 Å². The molecule has 6 heteroatoms. The minimum atomic E-state index is -2.97. The molecule has 1 aliphatic heterocycles. The van der Waals surface area contributed by atoms with Crippen molar-refractivity contribution in [3.63, 3.8) is 0 Å². The number of carbonyl (C=O) groups excluding carboxylic acids is 1. The van der Waals surface area contributed by atoms with E-state index in [2.05, 4.69) is 10.6 Å². The summed E-state index contributed by atoms with van der Waals surface area (Å²) in [6.45, 7) is 0.998. The van der Waals surface area contributed by atoms with E-state index in [4.69, 9.17) is 0 Å². The molecule has 1 heterocycles. The maximum Gasteiger partial charge on any atom is 0.219 e. The maximum atomic E-state index is 11.5. The Morgan fingerprint density at radius 1 is 1.57 bits per heavy atom. The number of amides is 1. The van der Waals surface area contributed by atoms with E-state index < -0.39 is 15.1 Å². The van der Waals surface area contributed by atoms with E-state index in [1.54, 1.807) is 7.05 Å². The van der Waals surface area contributed by atoms with Crippen molar-refractivity contribution in [2.24, 2.45) is 0 Å². The molecule has 0 aliphatic carbocycles. The maximum absolute atomic E-state index is 11.5. The van der Waals surface area contributed by atoms with Crippen LogP contribution in [0.5, 0.6) is 0 Å². The van der Waals surface area contributed by atoms with Gasteiger partial charge >= 0.3 is 0 Å². The predicted molar refractivity (Wildman–Crippen MR) is 53.7 cm³/mol. The van der Waals surface area contributed by atoms with E-state index in [0.717, 1.165) is 0 Å². The minimum Gasteiger partial charge on any atom is -0.359 e. The van der Waals surface area contributed by atoms with Crippen LogP contribution < -0.4 is 10.6 Å². The second-order valence-corrected chi connectivity index (χ2v) is 5.81. The number of nitrogens with one attached hydrogen (secondary N) is 2. The fourth-order valence-corrected chi connectivity index (χ4v) is 3.08. The van der Waals surface area contributed by atoms with Gasteiger partial charge in [0, 0.05) is 26.6 Å². The highest BCUT2D eigenvalue weighted by molar-refractivity contribution is 7.92. The lowest BCUT2D eigenvalue weighted by Crippen LogP contribution is -2.44. The molecule has 0 radical (unpaired) electrons. The van der Waals surface area contributed by atoms with Gasteiger partial charge in [-0.15, -0.1) is 0 Å². The first kappa shape index (κ1) is 11.5. The number of carbonyl (C=O) groups is 1. The highest BCUT2D eigenvalue weighted by atomic mass is 32.2. The van der Waals surface area contributed by atoms with E-state index >= 15 is 0 Å². The van der Waals surface area contributed by atoms with Crippen LogP contribution in [-0.4, -0.2) is 45.5 Å². The van der Waals surface area contributed by atoms with Crippen LogP contribution in [0.25, 0.3) is 0 Å². The molecular formula is C8H16N2O3S. The number of hydrogen-bond acceptors (Lipinski definition) is 4. The molecule has 14 heavy (non-hydrogen) atoms. The van der Waals surface area contributed by atoms with Crippen molar-refractivity contribution in [1.82, 2.24) is 10.6 Å². The summed E-state index contributed by atoms with van der Waals surface area (Å²) in [4.78, 5) is 10.9. The summed E-state index contributed by atoms with van der Waals surface area (Å²) < 4.78 is 23.0. The van der Waals surface area contributed by atoms with Crippen LogP contribution in [0.2, 0.25) is 0 Å². The van der Waals surface area contributed by atoms with Crippen LogP contribution in [-0.2, 0) is 14.6 Å². The van der Waals surface area contributed by atoms with Gasteiger partial charge in [-0.1, -0.05) is 0 Å². The van der Waals surface area contributed by atoms with Gasteiger partial charge < -0.3 is 10.6 Å². The lowest BCUT2D eigenvalue weighted by molar-refractivity contribution is -0.120. The van der Waals surface area contributed by atoms with Gasteiger partial charge in [0.15, 0.2) is 9.84 Å². The van der Waals surface area contributed by atoms with Gasteiger partial charge in [0.1, 0.15) is 0 Å². The molecular weight excluding hydrogens is 204 g/mol. The van der Waals surface area contributed by atoms with Gasteiger partial charge in [0.25, 0.3) is 0 Å². The van der Waals surface area contributed by atoms with Crippen molar-refractivity contribution < 1.29 is 13.2 Å². The topological polar surface area (TPSA) is 75.3 Å². The first-order valence-corrected chi connectivity index (χ1v) is 6.40. The van der Waals surface area contributed by atoms with Gasteiger partial charge in [0.05, 0.1) is 11.0 Å². The van der Waals surface area contributed by atoms with Crippen LogP contribution in [0.4, 0.5) is 0 Å². The Morgan fingerprint density at radius 3 is 2.86 bits per heavy atom. The van der Waals surface area contributed by atoms with Crippen LogP contribution in [0, 0.1) is 0 Å². The fourth-order valence-electron chi connectivity index (χ4n) is 1.47. The molecule has 0 aromatic carbocycles. The van der Waals surface area contributed by atoms with E-state index in [9.17, 15) is 13.2 Å². The average molecular weight is 220 g/mol. The summed E-state index contributed by atoms with van der Waals surface area (Å²) in [5.74, 6) is 0.0802. The standard InChI is InChI=1S/C8H16N2O3S/c1-9-8(11)3-2-7-6-10-4-5-14(7,12)13/h7,10H,2-6H2,1H3,(H,9,11). The fraction of sp³-hybridized carbons (Fsp3) is 0.875. The molecule has 0 aromatic heterocycles. The summed E-state index contributed by atoms with van der Waals surface area (Å²) in [7, 11) is -1.42. The molecule has 1 saturated heterocycles. The third kappa shape index (κ3) is 2.95. The van der Waals surface area contributed by atoms with Crippen LogP contribution in [0.15, 0.2) is 0 Å². The lowest BCUT2D eigenvalue weighted by atomic mass is 10.2. The number of hydrogen-bond donors (Lipinski definition) is 2. The van der Waals surface area contributed by atoms with Crippen molar-refractivity contribution in [3.8, 4) is 0 Å². The second-order valence-electron chi connectivity index (χ2n) is 3.40. The van der Waals surface area contributed by atoms with Crippen LogP contribution >= 0.6 is 0 Å². The van der Waals surface area contributed by atoms with Crippen LogP contribution in [0.3, 0.4) is 0 Å². The molecule has 0 saturated carbocycles. The van der Waals surface area contributed by atoms with E-state index in [-0.39, 0.29) is 18.1 Å². The van der Waals surface area contributed by atoms with Crippen molar-refractivity contribution in [3.05, 3.63) is 0 Å². The Balaban J connectivity index is 2.46. The molecule has 1 atom stereocenters. The Kier molecular flexibility index (Phi) is 3.88. The zero-order chi connectivity index (χ0) is 10.6. The van der Waals surface area contributed by atoms with Gasteiger partial charge in [0.2, 0.25) is 5.91 Å². The molecule has 1 rings (SSSR count). The zero-order valence-electron chi connectivity index (χ0n) is 8.25. The third-order valence-corrected chi connectivity index (χ3v) is 4.61. The molecule has 1 unspecified atom stereocenters. The van der Waals surface area contributed by atoms with E-state index in [0.29, 0.717) is 19.5 Å². The number of sulfone groups is 1. The summed E-state index contributed by atoms with van der Waals surface area (Å²) in [5, 5.41) is 5.10. The Labute approximate surface area is 84.2 Å². The molecule has 0 spiro atoms. The van der Waals surface area contributed by atoms with Crippen LogP contribution in [0.1, 0.15) is 12.8 Å². The highest BCUT2D eigenvalue weighted by Gasteiger charge is 2.28. The number of rotatable bonds is 3. The molecule has 1 aliphatic rings. The SMILES string of the molecule is CNC(=O)CCC1CNCCS1(=O)=O. The lowest BCUT2D eigenvalue weighted by Gasteiger charge is -2.22. The molecule has 5 nitrogen and oxygen atoms in total. The van der Waals surface area contributed by atoms with Crippen molar-refractivity contribution in [2.75, 3.05) is 25.9 Å². The van der Waals surface area contributed by atoms with Gasteiger partial charge in [-0.25, -0.2) is 8.42 Å². The van der Waals surface area contributed by atoms with Gasteiger partial charge in [-0.3, -0.25) is 4.79 Å². The first-order chi connectivity index (χ1) is 6.56.